The summed E-state index contributed by atoms with van der Waals surface area (Å²) in [4.78, 5) is 26.2. The zero-order chi connectivity index (χ0) is 17.8. The van der Waals surface area contributed by atoms with Gasteiger partial charge >= 0.3 is 0 Å². The highest BCUT2D eigenvalue weighted by atomic mass is 79.9. The molecular formula is C19H13BrN2O2S. The molecule has 124 valence electrons. The van der Waals surface area contributed by atoms with Crippen LogP contribution in [0.25, 0.3) is 6.08 Å². The standard InChI is InChI=1S/C19H13BrN2O2S/c20-14-9-11-15(12-10-14)22-18(24)16(17(23)21-19(22)25)8-4-7-13-5-2-1-3-6-13/h1-12H,(H,21,23,25)/b7-4+,16-8+. The van der Waals surface area contributed by atoms with Crippen molar-refractivity contribution < 1.29 is 9.59 Å². The number of anilines is 1. The normalized spacial score (nSPS) is 16.6. The highest BCUT2D eigenvalue weighted by molar-refractivity contribution is 9.10. The van der Waals surface area contributed by atoms with Crippen LogP contribution < -0.4 is 10.2 Å². The van der Waals surface area contributed by atoms with E-state index in [1.165, 1.54) is 11.0 Å². The molecule has 0 unspecified atom stereocenters. The molecule has 1 fully saturated rings. The molecule has 0 spiro atoms. The summed E-state index contributed by atoms with van der Waals surface area (Å²) in [5.41, 5.74) is 1.60. The summed E-state index contributed by atoms with van der Waals surface area (Å²) in [5.74, 6) is -0.949. The quantitative estimate of drug-likeness (QED) is 0.473. The van der Waals surface area contributed by atoms with Crippen LogP contribution in [0.15, 0.2) is 76.8 Å². The number of allylic oxidation sites excluding steroid dienone is 2. The van der Waals surface area contributed by atoms with Crippen LogP contribution in [0.3, 0.4) is 0 Å². The molecule has 2 aromatic rings. The average Bonchev–Trinajstić information content (AvgIpc) is 2.60. The van der Waals surface area contributed by atoms with Gasteiger partial charge in [0.15, 0.2) is 5.11 Å². The number of thiocarbonyl (C=S) groups is 1. The second-order valence-corrected chi connectivity index (χ2v) is 6.53. The SMILES string of the molecule is O=C1NC(=S)N(c2ccc(Br)cc2)C(=O)/C1=C/C=C/c1ccccc1. The Balaban J connectivity index is 1.88. The van der Waals surface area contributed by atoms with Crippen molar-refractivity contribution in [1.29, 1.82) is 0 Å². The molecule has 6 heteroatoms. The summed E-state index contributed by atoms with van der Waals surface area (Å²) in [5, 5.41) is 2.63. The molecule has 1 N–H and O–H groups in total. The van der Waals surface area contributed by atoms with Crippen molar-refractivity contribution in [2.75, 3.05) is 4.90 Å². The van der Waals surface area contributed by atoms with Gasteiger partial charge in [0, 0.05) is 4.47 Å². The maximum absolute atomic E-state index is 12.7. The monoisotopic (exact) mass is 412 g/mol. The van der Waals surface area contributed by atoms with E-state index in [0.717, 1.165) is 10.0 Å². The molecule has 1 aliphatic heterocycles. The summed E-state index contributed by atoms with van der Waals surface area (Å²) in [6, 6.07) is 16.7. The van der Waals surface area contributed by atoms with Gasteiger partial charge in [-0.05, 0) is 48.1 Å². The van der Waals surface area contributed by atoms with Crippen molar-refractivity contribution in [2.45, 2.75) is 0 Å². The molecule has 3 rings (SSSR count). The van der Waals surface area contributed by atoms with Crippen LogP contribution in [0.5, 0.6) is 0 Å². The molecule has 1 saturated heterocycles. The minimum atomic E-state index is -0.499. The van der Waals surface area contributed by atoms with Crippen molar-refractivity contribution in [1.82, 2.24) is 5.32 Å². The third-order valence-electron chi connectivity index (χ3n) is 3.54. The van der Waals surface area contributed by atoms with Gasteiger partial charge in [0.2, 0.25) is 0 Å². The van der Waals surface area contributed by atoms with Crippen molar-refractivity contribution in [2.24, 2.45) is 0 Å². The fraction of sp³-hybridized carbons (Fsp3) is 0. The van der Waals surface area contributed by atoms with Gasteiger partial charge < -0.3 is 0 Å². The lowest BCUT2D eigenvalue weighted by Crippen LogP contribution is -2.54. The van der Waals surface area contributed by atoms with Crippen molar-refractivity contribution in [3.8, 4) is 0 Å². The highest BCUT2D eigenvalue weighted by Gasteiger charge is 2.33. The largest absolute Gasteiger partial charge is 0.298 e. The zero-order valence-corrected chi connectivity index (χ0v) is 15.4. The number of nitrogens with one attached hydrogen (secondary N) is 1. The predicted molar refractivity (Wildman–Crippen MR) is 106 cm³/mol. The number of carbonyl (C=O) groups is 2. The number of hydrogen-bond acceptors (Lipinski definition) is 3. The Morgan fingerprint density at radius 2 is 1.68 bits per heavy atom. The first-order valence-corrected chi connectivity index (χ1v) is 8.65. The van der Waals surface area contributed by atoms with Gasteiger partial charge in [-0.25, -0.2) is 0 Å². The number of hydrogen-bond donors (Lipinski definition) is 1. The first-order valence-electron chi connectivity index (χ1n) is 7.45. The number of nitrogens with zero attached hydrogens (tertiary/aromatic N) is 1. The van der Waals surface area contributed by atoms with E-state index in [4.69, 9.17) is 12.2 Å². The fourth-order valence-electron chi connectivity index (χ4n) is 2.32. The average molecular weight is 413 g/mol. The summed E-state index contributed by atoms with van der Waals surface area (Å²) in [7, 11) is 0. The summed E-state index contributed by atoms with van der Waals surface area (Å²) in [6.45, 7) is 0. The molecule has 2 aromatic carbocycles. The highest BCUT2D eigenvalue weighted by Crippen LogP contribution is 2.22. The Hall–Kier alpha value is -2.57. The number of benzene rings is 2. The van der Waals surface area contributed by atoms with Gasteiger partial charge in [-0.3, -0.25) is 19.8 Å². The molecule has 0 aliphatic carbocycles. The molecule has 1 aliphatic rings. The van der Waals surface area contributed by atoms with Gasteiger partial charge in [0.25, 0.3) is 11.8 Å². The Morgan fingerprint density at radius 1 is 1.00 bits per heavy atom. The third-order valence-corrected chi connectivity index (χ3v) is 4.35. The molecule has 0 aromatic heterocycles. The molecule has 0 atom stereocenters. The second kappa shape index (κ2) is 7.55. The Morgan fingerprint density at radius 3 is 2.36 bits per heavy atom. The topological polar surface area (TPSA) is 49.4 Å². The van der Waals surface area contributed by atoms with E-state index in [1.807, 2.05) is 36.4 Å². The second-order valence-electron chi connectivity index (χ2n) is 5.23. The van der Waals surface area contributed by atoms with Gasteiger partial charge in [-0.1, -0.05) is 58.4 Å². The lowest BCUT2D eigenvalue weighted by Gasteiger charge is -2.28. The van der Waals surface area contributed by atoms with E-state index < -0.39 is 11.8 Å². The molecule has 0 bridgehead atoms. The van der Waals surface area contributed by atoms with Crippen molar-refractivity contribution >= 4 is 56.8 Å². The van der Waals surface area contributed by atoms with Gasteiger partial charge in [0.05, 0.1) is 5.69 Å². The number of amides is 2. The molecule has 4 nitrogen and oxygen atoms in total. The van der Waals surface area contributed by atoms with Gasteiger partial charge in [-0.2, -0.15) is 0 Å². The summed E-state index contributed by atoms with van der Waals surface area (Å²) >= 11 is 8.51. The first kappa shape index (κ1) is 17.3. The Kier molecular flexibility index (Phi) is 5.21. The third kappa shape index (κ3) is 3.92. The number of carbonyl (C=O) groups excluding carboxylic acids is 2. The van der Waals surface area contributed by atoms with Crippen LogP contribution in [0.2, 0.25) is 0 Å². The predicted octanol–water partition coefficient (Wildman–Crippen LogP) is 3.84. The molecule has 0 radical (unpaired) electrons. The van der Waals surface area contributed by atoms with Crippen molar-refractivity contribution in [3.63, 3.8) is 0 Å². The maximum Gasteiger partial charge on any atom is 0.270 e. The van der Waals surface area contributed by atoms with Crippen LogP contribution in [0.4, 0.5) is 5.69 Å². The van der Waals surface area contributed by atoms with Crippen LogP contribution in [0.1, 0.15) is 5.56 Å². The van der Waals surface area contributed by atoms with E-state index in [2.05, 4.69) is 21.2 Å². The van der Waals surface area contributed by atoms with E-state index in [1.54, 1.807) is 30.3 Å². The minimum Gasteiger partial charge on any atom is -0.298 e. The van der Waals surface area contributed by atoms with E-state index in [-0.39, 0.29) is 10.7 Å². The lowest BCUT2D eigenvalue weighted by atomic mass is 10.1. The Bertz CT molecular complexity index is 889. The minimum absolute atomic E-state index is 0.0312. The summed E-state index contributed by atoms with van der Waals surface area (Å²) < 4.78 is 0.886. The lowest BCUT2D eigenvalue weighted by molar-refractivity contribution is -0.122. The zero-order valence-electron chi connectivity index (χ0n) is 13.0. The van der Waals surface area contributed by atoms with Crippen molar-refractivity contribution in [3.05, 3.63) is 82.4 Å². The van der Waals surface area contributed by atoms with E-state index in [9.17, 15) is 9.59 Å². The Labute approximate surface area is 159 Å². The van der Waals surface area contributed by atoms with Crippen LogP contribution in [-0.2, 0) is 9.59 Å². The molecular weight excluding hydrogens is 400 g/mol. The van der Waals surface area contributed by atoms with E-state index >= 15 is 0 Å². The number of rotatable bonds is 3. The molecule has 25 heavy (non-hydrogen) atoms. The van der Waals surface area contributed by atoms with Gasteiger partial charge in [-0.15, -0.1) is 0 Å². The first-order chi connectivity index (χ1) is 12.1. The summed E-state index contributed by atoms with van der Waals surface area (Å²) in [6.07, 6.45) is 5.00. The van der Waals surface area contributed by atoms with Crippen LogP contribution in [-0.4, -0.2) is 16.9 Å². The van der Waals surface area contributed by atoms with E-state index in [0.29, 0.717) is 5.69 Å². The molecule has 0 saturated carbocycles. The number of halogens is 1. The fourth-order valence-corrected chi connectivity index (χ4v) is 2.87. The smallest absolute Gasteiger partial charge is 0.270 e. The molecule has 1 heterocycles. The molecule has 2 amide bonds. The van der Waals surface area contributed by atoms with Crippen LogP contribution >= 0.6 is 28.1 Å². The maximum atomic E-state index is 12.7. The van der Waals surface area contributed by atoms with Crippen LogP contribution in [0, 0.1) is 0 Å². The van der Waals surface area contributed by atoms with Gasteiger partial charge in [0.1, 0.15) is 5.57 Å².